The molecule has 4 rings (SSSR count). The second-order valence-electron chi connectivity index (χ2n) is 6.47. The molecular weight excluding hydrogens is 410 g/mol. The van der Waals surface area contributed by atoms with Gasteiger partial charge in [-0.1, -0.05) is 18.2 Å². The van der Waals surface area contributed by atoms with Gasteiger partial charge >= 0.3 is 0 Å². The Morgan fingerprint density at radius 3 is 2.63 bits per heavy atom. The van der Waals surface area contributed by atoms with Crippen molar-refractivity contribution in [1.82, 2.24) is 15.2 Å². The first-order valence-corrected chi connectivity index (χ1v) is 9.92. The molecule has 152 valence electrons. The molecule has 2 aromatic carbocycles. The van der Waals surface area contributed by atoms with E-state index in [0.29, 0.717) is 28.2 Å². The fraction of sp³-hybridized carbons (Fsp3) is 0.143. The average molecular weight is 426 g/mol. The number of halogens is 2. The molecule has 2 aromatic heterocycles. The lowest BCUT2D eigenvalue weighted by Gasteiger charge is -2.00. The Hall–Kier alpha value is -3.46. The van der Waals surface area contributed by atoms with E-state index in [9.17, 15) is 13.6 Å². The number of amides is 1. The Morgan fingerprint density at radius 2 is 1.87 bits per heavy atom. The van der Waals surface area contributed by atoms with E-state index in [0.717, 1.165) is 22.6 Å². The van der Waals surface area contributed by atoms with Gasteiger partial charge in [-0.25, -0.2) is 13.8 Å². The quantitative estimate of drug-likeness (QED) is 0.468. The van der Waals surface area contributed by atoms with Gasteiger partial charge in [0, 0.05) is 28.8 Å². The minimum atomic E-state index is -0.945. The molecule has 4 aromatic rings. The van der Waals surface area contributed by atoms with Crippen molar-refractivity contribution in [3.63, 3.8) is 0 Å². The minimum Gasteiger partial charge on any atom is -0.421 e. The summed E-state index contributed by atoms with van der Waals surface area (Å²) >= 11 is 1.26. The molecule has 6 nitrogen and oxygen atoms in total. The summed E-state index contributed by atoms with van der Waals surface area (Å²) in [6.45, 7) is 1.80. The molecule has 0 fully saturated rings. The second kappa shape index (κ2) is 8.50. The van der Waals surface area contributed by atoms with Crippen molar-refractivity contribution in [2.24, 2.45) is 0 Å². The van der Waals surface area contributed by atoms with Crippen molar-refractivity contribution in [3.8, 4) is 22.7 Å². The van der Waals surface area contributed by atoms with Gasteiger partial charge in [0.15, 0.2) is 16.8 Å². The van der Waals surface area contributed by atoms with Gasteiger partial charge in [-0.2, -0.15) is 0 Å². The summed E-state index contributed by atoms with van der Waals surface area (Å²) in [7, 11) is 0. The van der Waals surface area contributed by atoms with E-state index >= 15 is 0 Å². The normalized spacial score (nSPS) is 10.9. The van der Waals surface area contributed by atoms with Crippen molar-refractivity contribution in [2.75, 3.05) is 5.32 Å². The van der Waals surface area contributed by atoms with Crippen LogP contribution in [-0.4, -0.2) is 21.1 Å². The van der Waals surface area contributed by atoms with Gasteiger partial charge in [-0.05, 0) is 37.3 Å². The topological polar surface area (TPSA) is 80.9 Å². The first kappa shape index (κ1) is 19.8. The second-order valence-corrected chi connectivity index (χ2v) is 7.67. The molecule has 0 aliphatic rings. The molecule has 0 aliphatic heterocycles. The first-order chi connectivity index (χ1) is 14.5. The van der Waals surface area contributed by atoms with Crippen LogP contribution >= 0.6 is 11.3 Å². The summed E-state index contributed by atoms with van der Waals surface area (Å²) in [5.74, 6) is -1.36. The maximum atomic E-state index is 13.5. The SMILES string of the molecule is Cc1sc(NC(=O)CCc2nnc(-c3ccccc3)o2)nc1-c1ccc(F)c(F)c1. The van der Waals surface area contributed by atoms with Gasteiger partial charge in [0.25, 0.3) is 0 Å². The van der Waals surface area contributed by atoms with E-state index in [4.69, 9.17) is 4.42 Å². The van der Waals surface area contributed by atoms with E-state index in [1.165, 1.54) is 17.4 Å². The van der Waals surface area contributed by atoms with Crippen LogP contribution in [-0.2, 0) is 11.2 Å². The van der Waals surface area contributed by atoms with E-state index in [-0.39, 0.29) is 18.7 Å². The molecule has 0 radical (unpaired) electrons. The Morgan fingerprint density at radius 1 is 1.07 bits per heavy atom. The smallest absolute Gasteiger partial charge is 0.247 e. The van der Waals surface area contributed by atoms with E-state index in [1.54, 1.807) is 6.92 Å². The number of nitrogens with one attached hydrogen (secondary N) is 1. The zero-order valence-corrected chi connectivity index (χ0v) is 16.7. The van der Waals surface area contributed by atoms with Crippen LogP contribution in [0.2, 0.25) is 0 Å². The fourth-order valence-corrected chi connectivity index (χ4v) is 3.67. The number of carbonyl (C=O) groups is 1. The average Bonchev–Trinajstić information content (AvgIpc) is 3.36. The van der Waals surface area contributed by atoms with Crippen molar-refractivity contribution in [2.45, 2.75) is 19.8 Å². The van der Waals surface area contributed by atoms with Crippen LogP contribution in [0.5, 0.6) is 0 Å². The number of hydrogen-bond acceptors (Lipinski definition) is 6. The van der Waals surface area contributed by atoms with Gasteiger partial charge in [0.05, 0.1) is 5.69 Å². The third-order valence-electron chi connectivity index (χ3n) is 4.29. The Labute approximate surface area is 174 Å². The van der Waals surface area contributed by atoms with Gasteiger partial charge in [-0.3, -0.25) is 4.79 Å². The van der Waals surface area contributed by atoms with Crippen molar-refractivity contribution < 1.29 is 18.0 Å². The molecule has 0 bridgehead atoms. The highest BCUT2D eigenvalue weighted by molar-refractivity contribution is 7.16. The lowest BCUT2D eigenvalue weighted by Crippen LogP contribution is -2.12. The van der Waals surface area contributed by atoms with Crippen LogP contribution in [0.3, 0.4) is 0 Å². The van der Waals surface area contributed by atoms with Gasteiger partial charge in [0.2, 0.25) is 17.7 Å². The highest BCUT2D eigenvalue weighted by atomic mass is 32.1. The largest absolute Gasteiger partial charge is 0.421 e. The number of aryl methyl sites for hydroxylation is 2. The molecule has 0 aliphatic carbocycles. The molecule has 0 saturated carbocycles. The van der Waals surface area contributed by atoms with E-state index in [2.05, 4.69) is 20.5 Å². The fourth-order valence-electron chi connectivity index (χ4n) is 2.82. The van der Waals surface area contributed by atoms with Crippen LogP contribution in [0.1, 0.15) is 17.2 Å². The van der Waals surface area contributed by atoms with Crippen molar-refractivity contribution >= 4 is 22.4 Å². The molecule has 30 heavy (non-hydrogen) atoms. The van der Waals surface area contributed by atoms with Crippen molar-refractivity contribution in [1.29, 1.82) is 0 Å². The Bertz CT molecular complexity index is 1190. The Kier molecular flexibility index (Phi) is 5.62. The number of aromatic nitrogens is 3. The zero-order chi connectivity index (χ0) is 21.1. The lowest BCUT2D eigenvalue weighted by molar-refractivity contribution is -0.116. The lowest BCUT2D eigenvalue weighted by atomic mass is 10.1. The highest BCUT2D eigenvalue weighted by Crippen LogP contribution is 2.31. The van der Waals surface area contributed by atoms with Gasteiger partial charge in [-0.15, -0.1) is 21.5 Å². The van der Waals surface area contributed by atoms with E-state index < -0.39 is 11.6 Å². The maximum absolute atomic E-state index is 13.5. The number of nitrogens with zero attached hydrogens (tertiary/aromatic N) is 3. The number of carbonyl (C=O) groups excluding carboxylic acids is 1. The maximum Gasteiger partial charge on any atom is 0.247 e. The summed E-state index contributed by atoms with van der Waals surface area (Å²) in [6, 6.07) is 12.9. The molecule has 1 amide bonds. The zero-order valence-electron chi connectivity index (χ0n) is 15.9. The molecule has 9 heteroatoms. The monoisotopic (exact) mass is 426 g/mol. The van der Waals surface area contributed by atoms with Crippen molar-refractivity contribution in [3.05, 3.63) is 70.9 Å². The first-order valence-electron chi connectivity index (χ1n) is 9.10. The predicted molar refractivity (Wildman–Crippen MR) is 109 cm³/mol. The third kappa shape index (κ3) is 4.41. The molecule has 0 atom stereocenters. The molecule has 0 unspecified atom stereocenters. The summed E-state index contributed by atoms with van der Waals surface area (Å²) in [5.41, 5.74) is 1.75. The highest BCUT2D eigenvalue weighted by Gasteiger charge is 2.15. The predicted octanol–water partition coefficient (Wildman–Crippen LogP) is 5.02. The number of rotatable bonds is 6. The van der Waals surface area contributed by atoms with E-state index in [1.807, 2.05) is 30.3 Å². The molecule has 1 N–H and O–H groups in total. The number of thiazole rings is 1. The number of anilines is 1. The summed E-state index contributed by atoms with van der Waals surface area (Å²) in [6.07, 6.45) is 0.418. The van der Waals surface area contributed by atoms with Crippen LogP contribution < -0.4 is 5.32 Å². The standard InChI is InChI=1S/C21H16F2N4O2S/c1-12-19(14-7-8-15(22)16(23)11-14)25-21(30-12)24-17(28)9-10-18-26-27-20(29-18)13-5-3-2-4-6-13/h2-8,11H,9-10H2,1H3,(H,24,25,28). The summed E-state index contributed by atoms with van der Waals surface area (Å²) < 4.78 is 32.2. The van der Waals surface area contributed by atoms with Crippen LogP contribution in [0.15, 0.2) is 52.9 Å². The van der Waals surface area contributed by atoms with Crippen LogP contribution in [0.25, 0.3) is 22.7 Å². The third-order valence-corrected chi connectivity index (χ3v) is 5.18. The van der Waals surface area contributed by atoms with Crippen LogP contribution in [0, 0.1) is 18.6 Å². The summed E-state index contributed by atoms with van der Waals surface area (Å²) in [5, 5.41) is 11.1. The number of hydrogen-bond donors (Lipinski definition) is 1. The summed E-state index contributed by atoms with van der Waals surface area (Å²) in [4.78, 5) is 17.4. The van der Waals surface area contributed by atoms with Gasteiger partial charge < -0.3 is 9.73 Å². The molecule has 2 heterocycles. The minimum absolute atomic E-state index is 0.134. The van der Waals surface area contributed by atoms with Crippen LogP contribution in [0.4, 0.5) is 13.9 Å². The molecule has 0 saturated heterocycles. The van der Waals surface area contributed by atoms with Gasteiger partial charge in [0.1, 0.15) is 0 Å². The molecular formula is C21H16F2N4O2S. The molecule has 0 spiro atoms. The Balaban J connectivity index is 1.38. The number of benzene rings is 2.